The van der Waals surface area contributed by atoms with Gasteiger partial charge in [0.25, 0.3) is 5.69 Å². The number of methoxy groups -OCH3 is 1. The number of benzene rings is 5. The minimum absolute atomic E-state index is 0.0324. The van der Waals surface area contributed by atoms with Gasteiger partial charge in [-0.15, -0.1) is 0 Å². The summed E-state index contributed by atoms with van der Waals surface area (Å²) in [6.45, 7) is 4.15. The molecule has 0 aliphatic carbocycles. The number of ether oxygens (including phenoxy) is 3. The van der Waals surface area contributed by atoms with E-state index in [1.807, 2.05) is 115 Å². The number of non-ortho nitro benzene ring substituents is 1. The number of aliphatic hydroxyl groups excluding tert-OH is 1. The lowest BCUT2D eigenvalue weighted by molar-refractivity contribution is -0.384. The van der Waals surface area contributed by atoms with Crippen molar-refractivity contribution in [3.63, 3.8) is 0 Å². The number of nitro groups is 1. The number of carbonyl (C=O) groups excluding carboxylic acids is 2. The predicted octanol–water partition coefficient (Wildman–Crippen LogP) is 6.71. The molecule has 2 aliphatic heterocycles. The fraction of sp³-hybridized carbons (Fsp3) is 0.304. The first kappa shape index (κ1) is 41.1. The summed E-state index contributed by atoms with van der Waals surface area (Å²) in [4.78, 5) is 40.9. The van der Waals surface area contributed by atoms with Gasteiger partial charge in [-0.1, -0.05) is 103 Å². The Morgan fingerprint density at radius 2 is 1.51 bits per heavy atom. The number of anilines is 1. The molecule has 2 aliphatic rings. The SMILES string of the molecule is COC(=O)C(Cc1ccccc1)NC(=O)NCc1ccccc1-c1ccc(C2OC(CN3CCN(c4ccc([N+](=O)[O-])cc4)CC3)CC(c3ccc(CO)cc3)O2)cc1. The molecule has 5 aromatic rings. The molecule has 0 radical (unpaired) electrons. The van der Waals surface area contributed by atoms with Gasteiger partial charge >= 0.3 is 12.0 Å². The standard InChI is InChI=1S/C46H49N5O8/c1-57-44(53)42(27-32-7-3-2-4-8-32)48-46(54)47-29-37-9-5-6-10-41(37)34-15-17-36(18-16-34)45-58-40(28-43(59-45)35-13-11-33(31-52)12-14-35)30-49-23-25-50(26-24-49)38-19-21-39(22-20-38)51(55)56/h2-22,40,42-43,45,52H,23-31H2,1H3,(H2,47,48,54). The molecule has 3 N–H and O–H groups in total. The van der Waals surface area contributed by atoms with E-state index >= 15 is 0 Å². The zero-order chi connectivity index (χ0) is 41.1. The molecule has 306 valence electrons. The van der Waals surface area contributed by atoms with Gasteiger partial charge in [0, 0.05) is 75.5 Å². The van der Waals surface area contributed by atoms with E-state index in [1.54, 1.807) is 12.1 Å². The van der Waals surface area contributed by atoms with Crippen LogP contribution in [0.5, 0.6) is 0 Å². The monoisotopic (exact) mass is 799 g/mol. The Balaban J connectivity index is 1.01. The number of nitrogens with one attached hydrogen (secondary N) is 2. The van der Waals surface area contributed by atoms with Crippen LogP contribution in [-0.4, -0.2) is 78.9 Å². The molecule has 59 heavy (non-hydrogen) atoms. The highest BCUT2D eigenvalue weighted by Crippen LogP contribution is 2.39. The summed E-state index contributed by atoms with van der Waals surface area (Å²) in [5.74, 6) is -0.521. The number of piperazine rings is 1. The maximum Gasteiger partial charge on any atom is 0.328 e. The number of aliphatic hydroxyl groups is 1. The minimum atomic E-state index is -0.840. The Morgan fingerprint density at radius 1 is 0.831 bits per heavy atom. The van der Waals surface area contributed by atoms with Crippen molar-refractivity contribution < 1.29 is 33.8 Å². The van der Waals surface area contributed by atoms with Gasteiger partial charge in [0.1, 0.15) is 6.04 Å². The fourth-order valence-electron chi connectivity index (χ4n) is 7.64. The molecule has 0 spiro atoms. The van der Waals surface area contributed by atoms with Gasteiger partial charge in [0.2, 0.25) is 0 Å². The second-order valence-corrected chi connectivity index (χ2v) is 14.8. The summed E-state index contributed by atoms with van der Waals surface area (Å²) in [5.41, 5.74) is 7.49. The van der Waals surface area contributed by atoms with Crippen LogP contribution in [0.4, 0.5) is 16.2 Å². The van der Waals surface area contributed by atoms with Crippen molar-refractivity contribution in [2.75, 3.05) is 44.7 Å². The highest BCUT2D eigenvalue weighted by atomic mass is 16.7. The summed E-state index contributed by atoms with van der Waals surface area (Å²) in [7, 11) is 1.30. The number of esters is 1. The second kappa shape index (κ2) is 19.6. The molecule has 0 bridgehead atoms. The van der Waals surface area contributed by atoms with Crippen molar-refractivity contribution >= 4 is 23.4 Å². The Labute approximate surface area is 343 Å². The molecule has 13 nitrogen and oxygen atoms in total. The average Bonchev–Trinajstić information content (AvgIpc) is 3.28. The summed E-state index contributed by atoms with van der Waals surface area (Å²) < 4.78 is 18.3. The van der Waals surface area contributed by atoms with Gasteiger partial charge in [0.15, 0.2) is 6.29 Å². The molecular formula is C46H49N5O8. The average molecular weight is 800 g/mol. The minimum Gasteiger partial charge on any atom is -0.467 e. The number of hydrogen-bond acceptors (Lipinski definition) is 10. The number of nitro benzene ring substituents is 1. The molecule has 2 saturated heterocycles. The number of urea groups is 1. The number of rotatable bonds is 14. The third-order valence-corrected chi connectivity index (χ3v) is 10.9. The van der Waals surface area contributed by atoms with E-state index in [4.69, 9.17) is 14.2 Å². The lowest BCUT2D eigenvalue weighted by Crippen LogP contribution is -2.49. The van der Waals surface area contributed by atoms with Gasteiger partial charge in [-0.25, -0.2) is 9.59 Å². The predicted molar refractivity (Wildman–Crippen MR) is 223 cm³/mol. The quantitative estimate of drug-likeness (QED) is 0.0628. The van der Waals surface area contributed by atoms with Crippen LogP contribution in [-0.2, 0) is 38.6 Å². The first-order valence-electron chi connectivity index (χ1n) is 19.8. The highest BCUT2D eigenvalue weighted by Gasteiger charge is 2.34. The van der Waals surface area contributed by atoms with E-state index in [2.05, 4.69) is 20.4 Å². The van der Waals surface area contributed by atoms with Crippen LogP contribution in [0.15, 0.2) is 127 Å². The van der Waals surface area contributed by atoms with Crippen molar-refractivity contribution in [1.29, 1.82) is 0 Å². The van der Waals surface area contributed by atoms with Gasteiger partial charge in [0.05, 0.1) is 30.8 Å². The van der Waals surface area contributed by atoms with Crippen LogP contribution in [0.25, 0.3) is 11.1 Å². The Bertz CT molecular complexity index is 2160. The van der Waals surface area contributed by atoms with Crippen molar-refractivity contribution in [1.82, 2.24) is 15.5 Å². The molecule has 0 aromatic heterocycles. The van der Waals surface area contributed by atoms with Crippen LogP contribution in [0.1, 0.15) is 46.6 Å². The van der Waals surface area contributed by atoms with E-state index in [1.165, 1.54) is 7.11 Å². The van der Waals surface area contributed by atoms with Crippen molar-refractivity contribution in [2.45, 2.75) is 50.5 Å². The van der Waals surface area contributed by atoms with Crippen molar-refractivity contribution in [3.05, 3.63) is 165 Å². The third-order valence-electron chi connectivity index (χ3n) is 10.9. The Morgan fingerprint density at radius 3 is 2.19 bits per heavy atom. The second-order valence-electron chi connectivity index (χ2n) is 14.8. The highest BCUT2D eigenvalue weighted by molar-refractivity contribution is 5.84. The first-order chi connectivity index (χ1) is 28.8. The molecule has 4 unspecified atom stereocenters. The third kappa shape index (κ3) is 10.7. The van der Waals surface area contributed by atoms with E-state index in [0.717, 1.165) is 77.4 Å². The summed E-state index contributed by atoms with van der Waals surface area (Å²) >= 11 is 0. The number of hydrogen-bond donors (Lipinski definition) is 3. The van der Waals surface area contributed by atoms with Crippen LogP contribution in [0.2, 0.25) is 0 Å². The zero-order valence-electron chi connectivity index (χ0n) is 32.9. The summed E-state index contributed by atoms with van der Waals surface area (Å²) in [6.07, 6.45) is 0.00371. The molecule has 4 atom stereocenters. The Hall–Kier alpha value is -6.12. The molecule has 2 fully saturated rings. The maximum atomic E-state index is 13.0. The Kier molecular flexibility index (Phi) is 13.6. The van der Waals surface area contributed by atoms with Gasteiger partial charge < -0.3 is 34.9 Å². The molecule has 0 saturated carbocycles. The lowest BCUT2D eigenvalue weighted by atomic mass is 9.97. The van der Waals surface area contributed by atoms with E-state index < -0.39 is 24.3 Å². The fourth-order valence-corrected chi connectivity index (χ4v) is 7.64. The van der Waals surface area contributed by atoms with E-state index in [9.17, 15) is 24.8 Å². The number of amides is 2. The zero-order valence-corrected chi connectivity index (χ0v) is 32.9. The van der Waals surface area contributed by atoms with Crippen molar-refractivity contribution in [2.24, 2.45) is 0 Å². The molecule has 5 aromatic carbocycles. The van der Waals surface area contributed by atoms with E-state index in [-0.39, 0.29) is 36.0 Å². The van der Waals surface area contributed by atoms with Crippen LogP contribution in [0.3, 0.4) is 0 Å². The van der Waals surface area contributed by atoms with Gasteiger partial charge in [-0.3, -0.25) is 15.0 Å². The molecule has 2 amide bonds. The van der Waals surface area contributed by atoms with Crippen LogP contribution >= 0.6 is 0 Å². The summed E-state index contributed by atoms with van der Waals surface area (Å²) in [6, 6.07) is 38.6. The molecule has 7 rings (SSSR count). The largest absolute Gasteiger partial charge is 0.467 e. The van der Waals surface area contributed by atoms with Crippen LogP contribution in [0, 0.1) is 10.1 Å². The first-order valence-corrected chi connectivity index (χ1v) is 19.8. The normalized spacial score (nSPS) is 18.7. The summed E-state index contributed by atoms with van der Waals surface area (Å²) in [5, 5.41) is 26.4. The number of nitrogens with zero attached hydrogens (tertiary/aromatic N) is 3. The van der Waals surface area contributed by atoms with Gasteiger partial charge in [-0.2, -0.15) is 0 Å². The lowest BCUT2D eigenvalue weighted by Gasteiger charge is -2.41. The van der Waals surface area contributed by atoms with Gasteiger partial charge in [-0.05, 0) is 45.5 Å². The molecule has 2 heterocycles. The smallest absolute Gasteiger partial charge is 0.328 e. The number of carbonyl (C=O) groups is 2. The molecular weight excluding hydrogens is 751 g/mol. The maximum absolute atomic E-state index is 13.0. The molecule has 13 heteroatoms. The van der Waals surface area contributed by atoms with E-state index in [0.29, 0.717) is 12.8 Å². The van der Waals surface area contributed by atoms with Crippen LogP contribution < -0.4 is 15.5 Å². The van der Waals surface area contributed by atoms with Crippen molar-refractivity contribution in [3.8, 4) is 11.1 Å². The topological polar surface area (TPSA) is 156 Å².